The first kappa shape index (κ1) is 6.37. The van der Waals surface area contributed by atoms with Gasteiger partial charge >= 0.3 is 11.9 Å². The molecule has 0 spiro atoms. The molecule has 12 heavy (non-hydrogen) atoms. The molecule has 1 saturated heterocycles. The van der Waals surface area contributed by atoms with E-state index in [1.54, 1.807) is 0 Å². The lowest BCUT2D eigenvalue weighted by Crippen LogP contribution is -2.15. The highest BCUT2D eigenvalue weighted by Crippen LogP contribution is 2.42. The maximum absolute atomic E-state index is 11.1. The predicted molar refractivity (Wildman–Crippen MR) is 36.0 cm³/mol. The summed E-state index contributed by atoms with van der Waals surface area (Å²) in [7, 11) is 0. The van der Waals surface area contributed by atoms with Crippen LogP contribution >= 0.6 is 0 Å². The van der Waals surface area contributed by atoms with E-state index in [1.807, 2.05) is 0 Å². The Morgan fingerprint density at radius 3 is 2.00 bits per heavy atom. The van der Waals surface area contributed by atoms with Crippen molar-refractivity contribution < 1.29 is 19.1 Å². The molecule has 0 aromatic heterocycles. The highest BCUT2D eigenvalue weighted by molar-refractivity contribution is 6.14. The summed E-state index contributed by atoms with van der Waals surface area (Å²) >= 11 is 0. The average Bonchev–Trinajstić information content (AvgIpc) is 2.64. The van der Waals surface area contributed by atoms with Crippen LogP contribution in [0.5, 0.6) is 0 Å². The molecule has 2 bridgehead atoms. The number of esters is 2. The number of hydrogen-bond donors (Lipinski definition) is 0. The van der Waals surface area contributed by atoms with E-state index in [0.717, 1.165) is 12.8 Å². The number of fused-ring (bicyclic) bond motifs is 4. The van der Waals surface area contributed by atoms with Crippen molar-refractivity contribution in [1.82, 2.24) is 0 Å². The first-order valence-corrected chi connectivity index (χ1v) is 3.93. The van der Waals surface area contributed by atoms with Gasteiger partial charge in [-0.2, -0.15) is 0 Å². The van der Waals surface area contributed by atoms with E-state index in [1.165, 1.54) is 0 Å². The van der Waals surface area contributed by atoms with Crippen LogP contribution in [0.4, 0.5) is 0 Å². The maximum atomic E-state index is 11.1. The van der Waals surface area contributed by atoms with Crippen molar-refractivity contribution in [2.45, 2.75) is 25.0 Å². The number of ether oxygens (including phenoxy) is 2. The summed E-state index contributed by atoms with van der Waals surface area (Å²) in [6, 6.07) is 0. The lowest BCUT2D eigenvalue weighted by atomic mass is 9.93. The first-order valence-electron chi connectivity index (χ1n) is 3.93. The van der Waals surface area contributed by atoms with Crippen molar-refractivity contribution in [3.63, 3.8) is 0 Å². The second-order valence-corrected chi connectivity index (χ2v) is 3.20. The Morgan fingerprint density at radius 2 is 1.50 bits per heavy atom. The molecule has 4 heteroatoms. The first-order chi connectivity index (χ1) is 5.77. The second kappa shape index (κ2) is 1.77. The lowest BCUT2D eigenvalue weighted by Gasteiger charge is -2.03. The second-order valence-electron chi connectivity index (χ2n) is 3.20. The van der Waals surface area contributed by atoms with Crippen molar-refractivity contribution in [3.05, 3.63) is 11.1 Å². The Hall–Kier alpha value is -1.16. The van der Waals surface area contributed by atoms with Gasteiger partial charge in [0, 0.05) is 0 Å². The minimum atomic E-state index is -0.498. The van der Waals surface area contributed by atoms with Crippen molar-refractivity contribution in [2.24, 2.45) is 0 Å². The lowest BCUT2D eigenvalue weighted by molar-refractivity contribution is -0.152. The van der Waals surface area contributed by atoms with E-state index in [-0.39, 0.29) is 12.2 Å². The van der Waals surface area contributed by atoms with E-state index >= 15 is 0 Å². The van der Waals surface area contributed by atoms with E-state index in [2.05, 4.69) is 4.74 Å². The smallest absolute Gasteiger partial charge is 0.345 e. The maximum Gasteiger partial charge on any atom is 0.345 e. The molecule has 0 aromatic rings. The van der Waals surface area contributed by atoms with Crippen LogP contribution in [0.3, 0.4) is 0 Å². The fourth-order valence-electron chi connectivity index (χ4n) is 2.09. The molecule has 0 aliphatic carbocycles. The van der Waals surface area contributed by atoms with Crippen molar-refractivity contribution in [2.75, 3.05) is 0 Å². The Balaban J connectivity index is 2.18. The third-order valence-corrected chi connectivity index (χ3v) is 2.58. The number of hydrogen-bond acceptors (Lipinski definition) is 4. The number of cyclic esters (lactones) is 2. The molecule has 3 aliphatic heterocycles. The zero-order valence-electron chi connectivity index (χ0n) is 6.20. The van der Waals surface area contributed by atoms with Crippen LogP contribution < -0.4 is 0 Å². The van der Waals surface area contributed by atoms with Crippen molar-refractivity contribution in [3.8, 4) is 0 Å². The van der Waals surface area contributed by atoms with Crippen LogP contribution in [0.1, 0.15) is 12.8 Å². The van der Waals surface area contributed by atoms with Crippen LogP contribution in [-0.2, 0) is 19.1 Å². The van der Waals surface area contributed by atoms with Gasteiger partial charge in [-0.1, -0.05) is 0 Å². The van der Waals surface area contributed by atoms with Gasteiger partial charge in [0.25, 0.3) is 0 Å². The largest absolute Gasteiger partial charge is 0.386 e. The normalized spacial score (nSPS) is 37.7. The molecule has 3 rings (SSSR count). The quantitative estimate of drug-likeness (QED) is 0.373. The Morgan fingerprint density at radius 1 is 1.00 bits per heavy atom. The molecule has 0 amide bonds. The van der Waals surface area contributed by atoms with Gasteiger partial charge in [0.15, 0.2) is 0 Å². The van der Waals surface area contributed by atoms with Gasteiger partial charge in [0.05, 0.1) is 23.4 Å². The molecule has 3 heterocycles. The number of carbonyl (C=O) groups excluding carboxylic acids is 2. The van der Waals surface area contributed by atoms with Crippen LogP contribution in [0.15, 0.2) is 11.1 Å². The molecule has 1 fully saturated rings. The molecular formula is C8H6O4. The summed E-state index contributed by atoms with van der Waals surface area (Å²) in [6.45, 7) is 0. The van der Waals surface area contributed by atoms with Crippen LogP contribution in [0, 0.1) is 0 Å². The van der Waals surface area contributed by atoms with Gasteiger partial charge < -0.3 is 9.47 Å². The van der Waals surface area contributed by atoms with Gasteiger partial charge in [-0.3, -0.25) is 0 Å². The Kier molecular flexibility index (Phi) is 0.939. The highest BCUT2D eigenvalue weighted by Gasteiger charge is 2.51. The summed E-state index contributed by atoms with van der Waals surface area (Å²) in [5.74, 6) is -0.996. The van der Waals surface area contributed by atoms with Crippen LogP contribution in [-0.4, -0.2) is 24.1 Å². The zero-order valence-corrected chi connectivity index (χ0v) is 6.20. The monoisotopic (exact) mass is 166 g/mol. The van der Waals surface area contributed by atoms with E-state index in [0.29, 0.717) is 11.1 Å². The summed E-state index contributed by atoms with van der Waals surface area (Å²) in [4.78, 5) is 22.2. The van der Waals surface area contributed by atoms with Gasteiger partial charge in [-0.15, -0.1) is 0 Å². The average molecular weight is 166 g/mol. The highest BCUT2D eigenvalue weighted by atomic mass is 16.6. The van der Waals surface area contributed by atoms with Crippen molar-refractivity contribution >= 4 is 11.9 Å². The summed E-state index contributed by atoms with van der Waals surface area (Å²) in [5.41, 5.74) is 0.965. The molecule has 0 saturated carbocycles. The molecule has 2 atom stereocenters. The van der Waals surface area contributed by atoms with Gasteiger partial charge in [0.1, 0.15) is 0 Å². The van der Waals surface area contributed by atoms with E-state index < -0.39 is 11.9 Å². The number of carbonyl (C=O) groups is 2. The van der Waals surface area contributed by atoms with Gasteiger partial charge in [-0.05, 0) is 12.8 Å². The Bertz CT molecular complexity index is 298. The fourth-order valence-corrected chi connectivity index (χ4v) is 2.09. The summed E-state index contributed by atoms with van der Waals surface area (Å²) in [5, 5.41) is 0. The summed E-state index contributed by atoms with van der Waals surface area (Å²) < 4.78 is 9.86. The van der Waals surface area contributed by atoms with Crippen molar-refractivity contribution in [1.29, 1.82) is 0 Å². The van der Waals surface area contributed by atoms with Crippen LogP contribution in [0.25, 0.3) is 0 Å². The molecule has 4 nitrogen and oxygen atoms in total. The third-order valence-electron chi connectivity index (χ3n) is 2.58. The van der Waals surface area contributed by atoms with Gasteiger partial charge in [-0.25, -0.2) is 9.59 Å². The zero-order chi connectivity index (χ0) is 8.29. The van der Waals surface area contributed by atoms with E-state index in [9.17, 15) is 9.59 Å². The minimum Gasteiger partial charge on any atom is -0.386 e. The predicted octanol–water partition coefficient (Wildman–Crippen LogP) is -0.0724. The molecule has 2 unspecified atom stereocenters. The van der Waals surface area contributed by atoms with E-state index in [4.69, 9.17) is 4.74 Å². The molecule has 0 aromatic carbocycles. The molecular weight excluding hydrogens is 160 g/mol. The summed E-state index contributed by atoms with van der Waals surface area (Å²) in [6.07, 6.45) is 1.35. The molecule has 0 radical (unpaired) electrons. The topological polar surface area (TPSA) is 52.6 Å². The minimum absolute atomic E-state index is 0.163. The number of rotatable bonds is 0. The fraction of sp³-hybridized carbons (Fsp3) is 0.500. The van der Waals surface area contributed by atoms with Gasteiger partial charge in [0.2, 0.25) is 0 Å². The SMILES string of the molecule is O=C1OC(=O)C2=C1C1CCC2O1. The molecule has 0 N–H and O–H groups in total. The molecule has 62 valence electrons. The molecule has 3 aliphatic rings. The third kappa shape index (κ3) is 0.536. The standard InChI is InChI=1S/C8H6O4/c9-7-5-3-1-2-4(11-3)6(5)8(10)12-7/h3-4H,1-2H2. The Labute approximate surface area is 68.1 Å². The van der Waals surface area contributed by atoms with Crippen LogP contribution in [0.2, 0.25) is 0 Å².